The van der Waals surface area contributed by atoms with Gasteiger partial charge < -0.3 is 14.8 Å². The predicted octanol–water partition coefficient (Wildman–Crippen LogP) is 9.44. The van der Waals surface area contributed by atoms with Gasteiger partial charge in [0.2, 0.25) is 5.91 Å². The number of benzene rings is 4. The molecule has 0 saturated heterocycles. The van der Waals surface area contributed by atoms with Gasteiger partial charge in [0.1, 0.15) is 16.9 Å². The van der Waals surface area contributed by atoms with Crippen molar-refractivity contribution < 1.29 is 14.3 Å². The van der Waals surface area contributed by atoms with Crippen molar-refractivity contribution in [1.29, 1.82) is 0 Å². The predicted molar refractivity (Wildman–Crippen MR) is 209 cm³/mol. The molecule has 0 fully saturated rings. The zero-order chi connectivity index (χ0) is 36.2. The summed E-state index contributed by atoms with van der Waals surface area (Å²) in [5.74, 6) is 0.992. The highest BCUT2D eigenvalue weighted by Crippen LogP contribution is 2.51. The minimum atomic E-state index is -0.759. The van der Waals surface area contributed by atoms with E-state index in [9.17, 15) is 4.79 Å². The van der Waals surface area contributed by atoms with Crippen molar-refractivity contribution in [1.82, 2.24) is 20.5 Å². The fourth-order valence-corrected chi connectivity index (χ4v) is 7.28. The van der Waals surface area contributed by atoms with Crippen LogP contribution < -0.4 is 14.8 Å². The maximum atomic E-state index is 14.4. The van der Waals surface area contributed by atoms with E-state index in [1.165, 1.54) is 0 Å². The lowest BCUT2D eigenvalue weighted by Crippen LogP contribution is -2.45. The van der Waals surface area contributed by atoms with Crippen LogP contribution in [0.25, 0.3) is 22.4 Å². The van der Waals surface area contributed by atoms with Crippen molar-refractivity contribution in [3.8, 4) is 34.1 Å². The highest BCUT2D eigenvalue weighted by atomic mass is 16.5. The van der Waals surface area contributed by atoms with Gasteiger partial charge in [-0.05, 0) is 65.6 Å². The molecule has 1 heterocycles. The van der Waals surface area contributed by atoms with Crippen molar-refractivity contribution in [2.75, 3.05) is 20.3 Å². The summed E-state index contributed by atoms with van der Waals surface area (Å²) in [5.41, 5.74) is 7.48. The van der Waals surface area contributed by atoms with Gasteiger partial charge in [0.25, 0.3) is 0 Å². The topological polar surface area (TPSA) is 86.2 Å². The first-order valence-corrected chi connectivity index (χ1v) is 18.5. The molecule has 1 amide bonds. The zero-order valence-electron chi connectivity index (χ0n) is 30.4. The van der Waals surface area contributed by atoms with Gasteiger partial charge in [0.15, 0.2) is 0 Å². The second-order valence-electron chi connectivity index (χ2n) is 12.9. The second kappa shape index (κ2) is 17.6. The molecule has 7 rings (SSSR count). The number of nitrogens with one attached hydrogen (secondary N) is 1. The van der Waals surface area contributed by atoms with E-state index in [2.05, 4.69) is 76.2 Å². The van der Waals surface area contributed by atoms with E-state index in [-0.39, 0.29) is 11.8 Å². The fraction of sp³-hybridized carbons (Fsp3) is 0.289. The first kappa shape index (κ1) is 36.2. The molecule has 2 aliphatic rings. The molecule has 4 aromatic carbocycles. The standard InChI is InChI=1S/C43H42N4O3.C2H6/c1-49-34-25-23-31(24-26-34)27-29-44-41(48)43(37-21-11-9-19-35(37)36-20-10-12-22-38(36)43)28-13-4-14-30-50-42-45-39(32-15-5-2-6-16-32)40(46-47-42)33-17-7-3-8-18-33;1-2/h2-3,5-12,15,17-26,32H,4,13-14,16,27-30H2,1H3,(H,44,48);1-2H3. The Bertz CT molecular complexity index is 1940. The summed E-state index contributed by atoms with van der Waals surface area (Å²) in [6, 6.07) is 35.1. The number of amides is 1. The van der Waals surface area contributed by atoms with Gasteiger partial charge in [-0.1, -0.05) is 147 Å². The minimum absolute atomic E-state index is 0.0526. The third-order valence-corrected chi connectivity index (χ3v) is 9.81. The van der Waals surface area contributed by atoms with Gasteiger partial charge in [-0.25, -0.2) is 0 Å². The lowest BCUT2D eigenvalue weighted by molar-refractivity contribution is -0.125. The normalized spacial score (nSPS) is 14.8. The fourth-order valence-electron chi connectivity index (χ4n) is 7.28. The lowest BCUT2D eigenvalue weighted by atomic mass is 9.73. The van der Waals surface area contributed by atoms with Crippen LogP contribution in [0.1, 0.15) is 74.3 Å². The SMILES string of the molecule is CC.COc1ccc(CCNC(=O)C2(CCCCCOc3nnc(-c4ccccc4)c(C4C=CC=CC4)n3)c3ccccc3-c3ccccc32)cc1. The monoisotopic (exact) mass is 692 g/mol. The summed E-state index contributed by atoms with van der Waals surface area (Å²) < 4.78 is 11.4. The molecule has 5 aromatic rings. The molecule has 1 atom stereocenters. The van der Waals surface area contributed by atoms with E-state index in [1.54, 1.807) is 7.11 Å². The van der Waals surface area contributed by atoms with Crippen LogP contribution in [0.5, 0.6) is 11.8 Å². The van der Waals surface area contributed by atoms with E-state index in [0.717, 1.165) is 82.6 Å². The number of allylic oxidation sites excluding steroid dienone is 4. The van der Waals surface area contributed by atoms with E-state index in [0.29, 0.717) is 25.6 Å². The van der Waals surface area contributed by atoms with Gasteiger partial charge >= 0.3 is 6.01 Å². The van der Waals surface area contributed by atoms with Crippen LogP contribution in [-0.4, -0.2) is 41.3 Å². The highest BCUT2D eigenvalue weighted by Gasteiger charge is 2.48. The minimum Gasteiger partial charge on any atom is -0.497 e. The zero-order valence-corrected chi connectivity index (χ0v) is 30.4. The van der Waals surface area contributed by atoms with Gasteiger partial charge in [-0.2, -0.15) is 4.98 Å². The Morgan fingerprint density at radius 2 is 1.50 bits per heavy atom. The average Bonchev–Trinajstić information content (AvgIpc) is 3.51. The number of hydrogen-bond donors (Lipinski definition) is 1. The van der Waals surface area contributed by atoms with E-state index < -0.39 is 5.41 Å². The van der Waals surface area contributed by atoms with Crippen molar-refractivity contribution in [2.24, 2.45) is 0 Å². The Labute approximate surface area is 307 Å². The highest BCUT2D eigenvalue weighted by molar-refractivity contribution is 6.00. The number of hydrogen-bond acceptors (Lipinski definition) is 6. The van der Waals surface area contributed by atoms with Crippen LogP contribution in [-0.2, 0) is 16.6 Å². The Morgan fingerprint density at radius 3 is 2.17 bits per heavy atom. The second-order valence-corrected chi connectivity index (χ2v) is 12.9. The molecule has 1 aromatic heterocycles. The van der Waals surface area contributed by atoms with Crippen molar-refractivity contribution in [2.45, 2.75) is 63.7 Å². The van der Waals surface area contributed by atoms with E-state index in [1.807, 2.05) is 80.6 Å². The number of unbranched alkanes of at least 4 members (excludes halogenated alkanes) is 2. The summed E-state index contributed by atoms with van der Waals surface area (Å²) in [6.45, 7) is 5.03. The van der Waals surface area contributed by atoms with E-state index in [4.69, 9.17) is 14.5 Å². The van der Waals surface area contributed by atoms with Crippen molar-refractivity contribution in [3.63, 3.8) is 0 Å². The lowest BCUT2D eigenvalue weighted by Gasteiger charge is -2.31. The Kier molecular flexibility index (Phi) is 12.3. The third-order valence-electron chi connectivity index (χ3n) is 9.81. The van der Waals surface area contributed by atoms with Crippen LogP contribution in [0.15, 0.2) is 127 Å². The molecule has 7 nitrogen and oxygen atoms in total. The molecule has 266 valence electrons. The molecule has 7 heteroatoms. The third kappa shape index (κ3) is 7.84. The first-order chi connectivity index (χ1) is 25.7. The Hall–Kier alpha value is -5.56. The maximum absolute atomic E-state index is 14.4. The molecule has 0 bridgehead atoms. The number of aromatic nitrogens is 3. The van der Waals surface area contributed by atoms with Crippen LogP contribution >= 0.6 is 0 Å². The van der Waals surface area contributed by atoms with Gasteiger partial charge in [0, 0.05) is 18.0 Å². The van der Waals surface area contributed by atoms with Crippen LogP contribution in [0.4, 0.5) is 0 Å². The molecule has 2 aliphatic carbocycles. The van der Waals surface area contributed by atoms with Crippen LogP contribution in [0.2, 0.25) is 0 Å². The molecule has 1 unspecified atom stereocenters. The molecular weight excluding hydrogens is 645 g/mol. The summed E-state index contributed by atoms with van der Waals surface area (Å²) >= 11 is 0. The molecule has 0 saturated carbocycles. The van der Waals surface area contributed by atoms with Crippen molar-refractivity contribution in [3.05, 3.63) is 150 Å². The average molecular weight is 693 g/mol. The molecule has 0 aliphatic heterocycles. The van der Waals surface area contributed by atoms with Crippen molar-refractivity contribution >= 4 is 5.91 Å². The molecular formula is C45H48N4O3. The number of methoxy groups -OCH3 is 1. The number of nitrogens with zero attached hydrogens (tertiary/aromatic N) is 3. The summed E-state index contributed by atoms with van der Waals surface area (Å²) in [6.07, 6.45) is 13.3. The van der Waals surface area contributed by atoms with Crippen LogP contribution in [0, 0.1) is 0 Å². The number of carbonyl (C=O) groups is 1. The number of ether oxygens (including phenoxy) is 2. The first-order valence-electron chi connectivity index (χ1n) is 18.5. The Balaban J connectivity index is 0.00000228. The van der Waals surface area contributed by atoms with Gasteiger partial charge in [-0.3, -0.25) is 4.79 Å². The summed E-state index contributed by atoms with van der Waals surface area (Å²) in [7, 11) is 1.67. The largest absolute Gasteiger partial charge is 0.497 e. The molecule has 0 radical (unpaired) electrons. The van der Waals surface area contributed by atoms with E-state index >= 15 is 0 Å². The smallest absolute Gasteiger partial charge is 0.335 e. The molecule has 0 spiro atoms. The number of carbonyl (C=O) groups excluding carboxylic acids is 1. The summed E-state index contributed by atoms with van der Waals surface area (Å²) in [5, 5.41) is 12.2. The number of rotatable bonds is 14. The van der Waals surface area contributed by atoms with Gasteiger partial charge in [-0.15, -0.1) is 5.10 Å². The molecule has 1 N–H and O–H groups in total. The Morgan fingerprint density at radius 1 is 0.808 bits per heavy atom. The van der Waals surface area contributed by atoms with Crippen LogP contribution in [0.3, 0.4) is 0 Å². The quantitative estimate of drug-likeness (QED) is 0.117. The maximum Gasteiger partial charge on any atom is 0.335 e. The number of fused-ring (bicyclic) bond motifs is 3. The summed E-state index contributed by atoms with van der Waals surface area (Å²) in [4.78, 5) is 19.2. The molecule has 52 heavy (non-hydrogen) atoms. The van der Waals surface area contributed by atoms with Gasteiger partial charge in [0.05, 0.1) is 19.4 Å².